The van der Waals surface area contributed by atoms with Crippen LogP contribution in [0.2, 0.25) is 0 Å². The molecule has 0 spiro atoms. The standard InChI is InChI=1S/C15H13F3N4/c1-9-8-11(19-2)22-14(20-9)12(10-6-4-3-5-7-10)13(21-22)15(16,17)18/h3-8,19H,1-2H3. The van der Waals surface area contributed by atoms with Gasteiger partial charge in [0.2, 0.25) is 0 Å². The zero-order valence-electron chi connectivity index (χ0n) is 11.9. The number of benzene rings is 1. The van der Waals surface area contributed by atoms with Crippen molar-refractivity contribution in [3.8, 4) is 11.1 Å². The first-order valence-corrected chi connectivity index (χ1v) is 6.62. The van der Waals surface area contributed by atoms with Crippen LogP contribution in [0.1, 0.15) is 11.4 Å². The Morgan fingerprint density at radius 1 is 1.14 bits per heavy atom. The molecular weight excluding hydrogens is 293 g/mol. The molecule has 0 radical (unpaired) electrons. The summed E-state index contributed by atoms with van der Waals surface area (Å²) in [5, 5.41) is 6.59. The minimum Gasteiger partial charge on any atom is -0.373 e. The van der Waals surface area contributed by atoms with Crippen molar-refractivity contribution in [1.29, 1.82) is 0 Å². The van der Waals surface area contributed by atoms with E-state index in [0.29, 0.717) is 17.1 Å². The Morgan fingerprint density at radius 3 is 2.41 bits per heavy atom. The maximum absolute atomic E-state index is 13.4. The topological polar surface area (TPSA) is 42.2 Å². The highest BCUT2D eigenvalue weighted by Gasteiger charge is 2.39. The van der Waals surface area contributed by atoms with Gasteiger partial charge in [0, 0.05) is 18.8 Å². The highest BCUT2D eigenvalue weighted by atomic mass is 19.4. The third-order valence-electron chi connectivity index (χ3n) is 3.30. The highest BCUT2D eigenvalue weighted by molar-refractivity contribution is 5.81. The molecule has 2 aromatic heterocycles. The molecule has 7 heteroatoms. The first-order valence-electron chi connectivity index (χ1n) is 6.62. The van der Waals surface area contributed by atoms with E-state index in [2.05, 4.69) is 15.4 Å². The van der Waals surface area contributed by atoms with Crippen LogP contribution in [0.3, 0.4) is 0 Å². The van der Waals surface area contributed by atoms with Crippen LogP contribution in [-0.4, -0.2) is 21.6 Å². The second-order valence-corrected chi connectivity index (χ2v) is 4.86. The molecule has 0 aliphatic heterocycles. The monoisotopic (exact) mass is 306 g/mol. The number of aryl methyl sites for hydroxylation is 1. The van der Waals surface area contributed by atoms with Gasteiger partial charge in [-0.05, 0) is 12.5 Å². The Kier molecular flexibility index (Phi) is 3.27. The highest BCUT2D eigenvalue weighted by Crippen LogP contribution is 2.39. The van der Waals surface area contributed by atoms with Gasteiger partial charge in [0.1, 0.15) is 5.82 Å². The number of halogens is 3. The minimum atomic E-state index is -4.56. The summed E-state index contributed by atoms with van der Waals surface area (Å²) in [7, 11) is 1.63. The Hall–Kier alpha value is -2.57. The number of hydrogen-bond acceptors (Lipinski definition) is 3. The fourth-order valence-corrected chi connectivity index (χ4v) is 2.39. The average Bonchev–Trinajstić information content (AvgIpc) is 2.86. The molecule has 0 aliphatic carbocycles. The van der Waals surface area contributed by atoms with Crippen LogP contribution in [0.15, 0.2) is 36.4 Å². The summed E-state index contributed by atoms with van der Waals surface area (Å²) in [5.74, 6) is 0.454. The number of rotatable bonds is 2. The number of fused-ring (bicyclic) bond motifs is 1. The maximum atomic E-state index is 13.4. The SMILES string of the molecule is CNc1cc(C)nc2c(-c3ccccc3)c(C(F)(F)F)nn12. The second kappa shape index (κ2) is 5.01. The molecule has 1 N–H and O–H groups in total. The van der Waals surface area contributed by atoms with Crippen molar-refractivity contribution in [1.82, 2.24) is 14.6 Å². The molecule has 3 aromatic rings. The lowest BCUT2D eigenvalue weighted by atomic mass is 10.1. The van der Waals surface area contributed by atoms with Crippen LogP contribution >= 0.6 is 0 Å². The van der Waals surface area contributed by atoms with Crippen LogP contribution < -0.4 is 5.32 Å². The zero-order valence-corrected chi connectivity index (χ0v) is 11.9. The number of alkyl halides is 3. The van der Waals surface area contributed by atoms with Crippen molar-refractivity contribution in [3.63, 3.8) is 0 Å². The molecule has 0 fully saturated rings. The first kappa shape index (κ1) is 14.4. The van der Waals surface area contributed by atoms with Crippen LogP contribution in [0.25, 0.3) is 16.8 Å². The van der Waals surface area contributed by atoms with Crippen molar-refractivity contribution >= 4 is 11.5 Å². The maximum Gasteiger partial charge on any atom is 0.435 e. The van der Waals surface area contributed by atoms with Crippen LogP contribution in [0, 0.1) is 6.92 Å². The summed E-state index contributed by atoms with van der Waals surface area (Å²) < 4.78 is 41.3. The third-order valence-corrected chi connectivity index (χ3v) is 3.30. The van der Waals surface area contributed by atoms with Crippen molar-refractivity contribution in [3.05, 3.63) is 47.8 Å². The van der Waals surface area contributed by atoms with Gasteiger partial charge in [-0.2, -0.15) is 22.8 Å². The predicted octanol–water partition coefficient (Wildman–Crippen LogP) is 3.77. The van der Waals surface area contributed by atoms with Gasteiger partial charge < -0.3 is 5.32 Å². The molecule has 3 rings (SSSR count). The molecule has 0 aliphatic rings. The number of nitrogens with one attached hydrogen (secondary N) is 1. The quantitative estimate of drug-likeness (QED) is 0.784. The molecule has 0 bridgehead atoms. The van der Waals surface area contributed by atoms with E-state index >= 15 is 0 Å². The van der Waals surface area contributed by atoms with E-state index in [4.69, 9.17) is 0 Å². The molecule has 0 unspecified atom stereocenters. The average molecular weight is 306 g/mol. The molecule has 0 saturated heterocycles. The van der Waals surface area contributed by atoms with Crippen molar-refractivity contribution in [2.24, 2.45) is 0 Å². The third kappa shape index (κ3) is 2.28. The van der Waals surface area contributed by atoms with Gasteiger partial charge in [-0.15, -0.1) is 0 Å². The molecular formula is C15H13F3N4. The van der Waals surface area contributed by atoms with Gasteiger partial charge in [-0.25, -0.2) is 4.98 Å². The molecule has 22 heavy (non-hydrogen) atoms. The number of anilines is 1. The fraction of sp³-hybridized carbons (Fsp3) is 0.200. The number of aromatic nitrogens is 3. The zero-order chi connectivity index (χ0) is 15.9. The summed E-state index contributed by atoms with van der Waals surface area (Å²) in [4.78, 5) is 4.26. The lowest BCUT2D eigenvalue weighted by Gasteiger charge is -2.06. The number of nitrogens with zero attached hydrogens (tertiary/aromatic N) is 3. The van der Waals surface area contributed by atoms with Gasteiger partial charge in [0.05, 0.1) is 5.56 Å². The van der Waals surface area contributed by atoms with E-state index in [1.54, 1.807) is 50.4 Å². The molecule has 2 heterocycles. The molecule has 1 aromatic carbocycles. The van der Waals surface area contributed by atoms with Crippen LogP contribution in [0.5, 0.6) is 0 Å². The smallest absolute Gasteiger partial charge is 0.373 e. The Balaban J connectivity index is 2.44. The van der Waals surface area contributed by atoms with E-state index in [1.165, 1.54) is 4.52 Å². The summed E-state index contributed by atoms with van der Waals surface area (Å²) >= 11 is 0. The van der Waals surface area contributed by atoms with Crippen molar-refractivity contribution < 1.29 is 13.2 Å². The molecule has 114 valence electrons. The second-order valence-electron chi connectivity index (χ2n) is 4.86. The lowest BCUT2D eigenvalue weighted by molar-refractivity contribution is -0.140. The van der Waals surface area contributed by atoms with Gasteiger partial charge in [-0.1, -0.05) is 30.3 Å². The van der Waals surface area contributed by atoms with Gasteiger partial charge >= 0.3 is 6.18 Å². The molecule has 0 saturated carbocycles. The van der Waals surface area contributed by atoms with Crippen LogP contribution in [-0.2, 0) is 6.18 Å². The fourth-order valence-electron chi connectivity index (χ4n) is 2.39. The van der Waals surface area contributed by atoms with E-state index in [9.17, 15) is 13.2 Å². The van der Waals surface area contributed by atoms with Gasteiger partial charge in [0.15, 0.2) is 11.3 Å². The summed E-state index contributed by atoms with van der Waals surface area (Å²) in [6.07, 6.45) is -4.56. The number of hydrogen-bond donors (Lipinski definition) is 1. The first-order chi connectivity index (χ1) is 10.4. The summed E-state index contributed by atoms with van der Waals surface area (Å²) in [6, 6.07) is 10.0. The van der Waals surface area contributed by atoms with Crippen LogP contribution in [0.4, 0.5) is 19.0 Å². The predicted molar refractivity (Wildman–Crippen MR) is 77.7 cm³/mol. The normalized spacial score (nSPS) is 11.9. The summed E-state index contributed by atoms with van der Waals surface area (Å²) in [5.41, 5.74) is 0.289. The minimum absolute atomic E-state index is 0.00620. The molecule has 0 atom stereocenters. The van der Waals surface area contributed by atoms with E-state index < -0.39 is 11.9 Å². The largest absolute Gasteiger partial charge is 0.435 e. The van der Waals surface area contributed by atoms with Crippen molar-refractivity contribution in [2.75, 3.05) is 12.4 Å². The van der Waals surface area contributed by atoms with Gasteiger partial charge in [-0.3, -0.25) is 0 Å². The van der Waals surface area contributed by atoms with Crippen molar-refractivity contribution in [2.45, 2.75) is 13.1 Å². The van der Waals surface area contributed by atoms with E-state index in [1.807, 2.05) is 0 Å². The van der Waals surface area contributed by atoms with Gasteiger partial charge in [0.25, 0.3) is 0 Å². The van der Waals surface area contributed by atoms with E-state index in [-0.39, 0.29) is 11.2 Å². The molecule has 0 amide bonds. The van der Waals surface area contributed by atoms with E-state index in [0.717, 1.165) is 0 Å². The Bertz CT molecular complexity index is 822. The Labute approximate surface area is 124 Å². The Morgan fingerprint density at radius 2 is 1.82 bits per heavy atom. The molecule has 4 nitrogen and oxygen atoms in total. The summed E-state index contributed by atoms with van der Waals surface area (Å²) in [6.45, 7) is 1.73. The lowest BCUT2D eigenvalue weighted by Crippen LogP contribution is -2.08.